The predicted octanol–water partition coefficient (Wildman–Crippen LogP) is 7.36. The van der Waals surface area contributed by atoms with Crippen molar-refractivity contribution in [1.82, 2.24) is 10.3 Å². The van der Waals surface area contributed by atoms with Gasteiger partial charge in [0, 0.05) is 31.4 Å². The van der Waals surface area contributed by atoms with Crippen molar-refractivity contribution in [3.63, 3.8) is 0 Å². The highest BCUT2D eigenvalue weighted by atomic mass is 32.1. The highest BCUT2D eigenvalue weighted by molar-refractivity contribution is 7.16. The molecular weight excluding hydrogens is 562 g/mol. The molecule has 0 bridgehead atoms. The third kappa shape index (κ3) is 7.50. The van der Waals surface area contributed by atoms with Crippen molar-refractivity contribution in [2.24, 2.45) is 11.8 Å². The van der Waals surface area contributed by atoms with Crippen molar-refractivity contribution in [1.29, 1.82) is 0 Å². The van der Waals surface area contributed by atoms with Crippen LogP contribution < -0.4 is 19.7 Å². The number of amides is 2. The van der Waals surface area contributed by atoms with Gasteiger partial charge in [-0.1, -0.05) is 35.6 Å². The molecule has 2 fully saturated rings. The van der Waals surface area contributed by atoms with Gasteiger partial charge in [0.15, 0.2) is 0 Å². The fourth-order valence-corrected chi connectivity index (χ4v) is 7.31. The Hall–Kier alpha value is -3.59. The van der Waals surface area contributed by atoms with E-state index in [-0.39, 0.29) is 17.9 Å². The van der Waals surface area contributed by atoms with Crippen LogP contribution in [0.15, 0.2) is 48.7 Å². The van der Waals surface area contributed by atoms with E-state index in [4.69, 9.17) is 14.2 Å². The van der Waals surface area contributed by atoms with Gasteiger partial charge in [0.2, 0.25) is 5.91 Å². The number of thiazole rings is 1. The van der Waals surface area contributed by atoms with Gasteiger partial charge in [-0.3, -0.25) is 4.79 Å². The number of nitrogens with zero attached hydrogens (tertiary/aromatic N) is 2. The highest BCUT2D eigenvalue weighted by Crippen LogP contribution is 2.39. The molecule has 0 aliphatic heterocycles. The largest absolute Gasteiger partial charge is 0.496 e. The molecule has 2 aliphatic rings. The molecule has 0 radical (unpaired) electrons. The number of alkyl carbamates (subject to hydrolysis) is 1. The second kappa shape index (κ2) is 14.3. The number of hydrogen-bond donors (Lipinski definition) is 1. The van der Waals surface area contributed by atoms with Crippen molar-refractivity contribution >= 4 is 29.0 Å². The van der Waals surface area contributed by atoms with Crippen molar-refractivity contribution in [3.8, 4) is 21.4 Å². The number of benzene rings is 2. The molecule has 5 rings (SSSR count). The van der Waals surface area contributed by atoms with E-state index in [1.807, 2.05) is 23.2 Å². The van der Waals surface area contributed by atoms with Gasteiger partial charge >= 0.3 is 6.09 Å². The summed E-state index contributed by atoms with van der Waals surface area (Å²) in [5, 5.41) is 3.14. The third-order valence-electron chi connectivity index (χ3n) is 9.05. The molecule has 43 heavy (non-hydrogen) atoms. The van der Waals surface area contributed by atoms with E-state index in [0.717, 1.165) is 47.6 Å². The summed E-state index contributed by atoms with van der Waals surface area (Å²) in [5.41, 5.74) is 4.50. The molecule has 0 atom stereocenters. The normalized spacial score (nSPS) is 22.0. The minimum absolute atomic E-state index is 0.0877. The molecule has 2 aliphatic carbocycles. The topological polar surface area (TPSA) is 90.0 Å². The van der Waals surface area contributed by atoms with Gasteiger partial charge in [0.25, 0.3) is 5.19 Å². The second-order valence-corrected chi connectivity index (χ2v) is 12.8. The smallest absolute Gasteiger partial charge is 0.407 e. The maximum atomic E-state index is 14.2. The summed E-state index contributed by atoms with van der Waals surface area (Å²) >= 11 is 1.50. The summed E-state index contributed by atoms with van der Waals surface area (Å²) in [6, 6.07) is 14.8. The lowest BCUT2D eigenvalue weighted by Crippen LogP contribution is -2.42. The Morgan fingerprint density at radius 3 is 2.40 bits per heavy atom. The summed E-state index contributed by atoms with van der Waals surface area (Å²) in [6.07, 6.45) is 8.49. The van der Waals surface area contributed by atoms with E-state index in [1.165, 1.54) is 22.5 Å². The van der Waals surface area contributed by atoms with Crippen molar-refractivity contribution in [3.05, 3.63) is 59.8 Å². The summed E-state index contributed by atoms with van der Waals surface area (Å²) in [7, 11) is 4.91. The molecule has 230 valence electrons. The average Bonchev–Trinajstić information content (AvgIpc) is 3.54. The zero-order valence-corrected chi connectivity index (χ0v) is 26.5. The van der Waals surface area contributed by atoms with Gasteiger partial charge < -0.3 is 24.4 Å². The minimum Gasteiger partial charge on any atom is -0.496 e. The van der Waals surface area contributed by atoms with Crippen molar-refractivity contribution in [2.75, 3.05) is 32.7 Å². The first-order valence-corrected chi connectivity index (χ1v) is 16.1. The Kier molecular flexibility index (Phi) is 10.2. The quantitative estimate of drug-likeness (QED) is 0.274. The standard InChI is InChI=1S/C34H43N3O5S/c1-22-18-26(14-17-30(22)40-3)24-10-8-23(9-11-24)21-37(32(38)25-12-15-29(16-13-25)42-33(39)35-2)28-7-5-6-27(19-28)31-20-36-34(41-4)43-31/h5-7,14,17-20,23-25,29H,8-13,15-16,21H2,1-4H3,(H,35,39). The van der Waals surface area contributed by atoms with E-state index in [2.05, 4.69) is 47.6 Å². The van der Waals surface area contributed by atoms with Gasteiger partial charge in [-0.25, -0.2) is 9.78 Å². The number of methoxy groups -OCH3 is 2. The van der Waals surface area contributed by atoms with Crippen LogP contribution >= 0.6 is 11.3 Å². The molecule has 0 saturated heterocycles. The first kappa shape index (κ1) is 30.9. The number of ether oxygens (including phenoxy) is 3. The Balaban J connectivity index is 1.31. The Labute approximate surface area is 258 Å². The molecule has 1 aromatic heterocycles. The SMILES string of the molecule is CNC(=O)OC1CCC(C(=O)N(CC2CCC(c3ccc(OC)c(C)c3)CC2)c2cccc(-c3cnc(OC)s3)c2)CC1. The zero-order chi connectivity index (χ0) is 30.3. The molecule has 0 spiro atoms. The van der Waals surface area contributed by atoms with Crippen LogP contribution in [0.25, 0.3) is 10.4 Å². The summed E-state index contributed by atoms with van der Waals surface area (Å²) < 4.78 is 16.3. The monoisotopic (exact) mass is 605 g/mol. The van der Waals surface area contributed by atoms with Gasteiger partial charge in [0.1, 0.15) is 11.9 Å². The molecule has 9 heteroatoms. The molecule has 2 amide bonds. The van der Waals surface area contributed by atoms with Crippen LogP contribution in [0.2, 0.25) is 0 Å². The number of aromatic nitrogens is 1. The molecule has 2 saturated carbocycles. The van der Waals surface area contributed by atoms with Crippen molar-refractivity contribution in [2.45, 2.75) is 70.3 Å². The number of aryl methyl sites for hydroxylation is 1. The van der Waals surface area contributed by atoms with E-state index in [0.29, 0.717) is 49.3 Å². The number of nitrogens with one attached hydrogen (secondary N) is 1. The maximum absolute atomic E-state index is 14.2. The van der Waals surface area contributed by atoms with Crippen molar-refractivity contribution < 1.29 is 23.8 Å². The predicted molar refractivity (Wildman–Crippen MR) is 170 cm³/mol. The summed E-state index contributed by atoms with van der Waals surface area (Å²) in [6.45, 7) is 2.81. The van der Waals surface area contributed by atoms with Crippen LogP contribution in [0.1, 0.15) is 68.4 Å². The Morgan fingerprint density at radius 2 is 1.74 bits per heavy atom. The molecule has 1 N–H and O–H groups in total. The first-order valence-electron chi connectivity index (χ1n) is 15.3. The van der Waals surface area contributed by atoms with Crippen LogP contribution in [0.5, 0.6) is 10.9 Å². The fraction of sp³-hybridized carbons (Fsp3) is 0.500. The van der Waals surface area contributed by atoms with Gasteiger partial charge in [-0.2, -0.15) is 0 Å². The number of rotatable bonds is 9. The van der Waals surface area contributed by atoms with Crippen LogP contribution in [0.4, 0.5) is 10.5 Å². The fourth-order valence-electron chi connectivity index (χ4n) is 6.59. The Morgan fingerprint density at radius 1 is 0.977 bits per heavy atom. The molecular formula is C34H43N3O5S. The summed E-state index contributed by atoms with van der Waals surface area (Å²) in [5.74, 6) is 1.98. The lowest BCUT2D eigenvalue weighted by atomic mass is 9.78. The molecule has 8 nitrogen and oxygen atoms in total. The number of carbonyl (C=O) groups is 2. The lowest BCUT2D eigenvalue weighted by Gasteiger charge is -2.36. The van der Waals surface area contributed by atoms with Crippen LogP contribution in [0, 0.1) is 18.8 Å². The molecule has 1 heterocycles. The number of anilines is 1. The van der Waals surface area contributed by atoms with Gasteiger partial charge in [0.05, 0.1) is 19.1 Å². The minimum atomic E-state index is -0.409. The maximum Gasteiger partial charge on any atom is 0.407 e. The highest BCUT2D eigenvalue weighted by Gasteiger charge is 2.34. The number of hydrogen-bond acceptors (Lipinski definition) is 7. The average molecular weight is 606 g/mol. The summed E-state index contributed by atoms with van der Waals surface area (Å²) in [4.78, 5) is 33.3. The van der Waals surface area contributed by atoms with E-state index in [9.17, 15) is 9.59 Å². The van der Waals surface area contributed by atoms with E-state index >= 15 is 0 Å². The van der Waals surface area contributed by atoms with Gasteiger partial charge in [-0.05, 0) is 105 Å². The molecule has 2 aromatic carbocycles. The zero-order valence-electron chi connectivity index (χ0n) is 25.6. The van der Waals surface area contributed by atoms with Crippen LogP contribution in [-0.4, -0.2) is 50.9 Å². The Bertz CT molecular complexity index is 1390. The molecule has 0 unspecified atom stereocenters. The lowest BCUT2D eigenvalue weighted by molar-refractivity contribution is -0.124. The van der Waals surface area contributed by atoms with E-state index < -0.39 is 6.09 Å². The van der Waals surface area contributed by atoms with Crippen LogP contribution in [0.3, 0.4) is 0 Å². The van der Waals surface area contributed by atoms with Gasteiger partial charge in [-0.15, -0.1) is 0 Å². The molecule has 3 aromatic rings. The second-order valence-electron chi connectivity index (χ2n) is 11.8. The van der Waals surface area contributed by atoms with E-state index in [1.54, 1.807) is 21.3 Å². The number of carbonyl (C=O) groups excluding carboxylic acids is 2. The van der Waals surface area contributed by atoms with Crippen LogP contribution in [-0.2, 0) is 9.53 Å². The third-order valence-corrected chi connectivity index (χ3v) is 10.1. The first-order chi connectivity index (χ1) is 20.9.